The SMILES string of the molecule is CC(C)Oc1nccc(OC2CC2)c1C(N)=O. The number of aromatic nitrogens is 1. The van der Waals surface area contributed by atoms with Gasteiger partial charge in [-0.3, -0.25) is 4.79 Å². The zero-order chi connectivity index (χ0) is 12.4. The Morgan fingerprint density at radius 2 is 2.24 bits per heavy atom. The molecule has 0 unspecified atom stereocenters. The van der Waals surface area contributed by atoms with Gasteiger partial charge in [0.25, 0.3) is 5.91 Å². The number of primary amides is 1. The summed E-state index contributed by atoms with van der Waals surface area (Å²) < 4.78 is 11.1. The van der Waals surface area contributed by atoms with E-state index in [9.17, 15) is 4.79 Å². The van der Waals surface area contributed by atoms with Gasteiger partial charge < -0.3 is 15.2 Å². The van der Waals surface area contributed by atoms with E-state index in [-0.39, 0.29) is 23.7 Å². The van der Waals surface area contributed by atoms with E-state index in [1.54, 1.807) is 12.3 Å². The molecule has 1 fully saturated rings. The second kappa shape index (κ2) is 4.61. The molecule has 1 aromatic heterocycles. The molecule has 0 spiro atoms. The van der Waals surface area contributed by atoms with Gasteiger partial charge in [-0.2, -0.15) is 0 Å². The van der Waals surface area contributed by atoms with Crippen LogP contribution in [0.5, 0.6) is 11.6 Å². The van der Waals surface area contributed by atoms with Crippen LogP contribution in [0.1, 0.15) is 37.0 Å². The van der Waals surface area contributed by atoms with Crippen molar-refractivity contribution >= 4 is 5.91 Å². The number of carbonyl (C=O) groups excluding carboxylic acids is 1. The van der Waals surface area contributed by atoms with Crippen LogP contribution >= 0.6 is 0 Å². The first kappa shape index (κ1) is 11.7. The molecule has 0 radical (unpaired) electrons. The normalized spacial score (nSPS) is 14.8. The molecule has 0 saturated heterocycles. The van der Waals surface area contributed by atoms with E-state index in [0.717, 1.165) is 12.8 Å². The summed E-state index contributed by atoms with van der Waals surface area (Å²) in [5.74, 6) is 0.126. The van der Waals surface area contributed by atoms with E-state index in [4.69, 9.17) is 15.2 Å². The monoisotopic (exact) mass is 236 g/mol. The molecule has 5 heteroatoms. The molecule has 0 aliphatic heterocycles. The summed E-state index contributed by atoms with van der Waals surface area (Å²) in [6.45, 7) is 3.72. The number of pyridine rings is 1. The first-order valence-corrected chi connectivity index (χ1v) is 5.70. The van der Waals surface area contributed by atoms with E-state index >= 15 is 0 Å². The van der Waals surface area contributed by atoms with Crippen molar-refractivity contribution in [3.8, 4) is 11.6 Å². The second-order valence-corrected chi connectivity index (χ2v) is 4.34. The highest BCUT2D eigenvalue weighted by atomic mass is 16.5. The van der Waals surface area contributed by atoms with Crippen LogP contribution in [0.25, 0.3) is 0 Å². The molecule has 1 aliphatic rings. The van der Waals surface area contributed by atoms with E-state index in [0.29, 0.717) is 5.75 Å². The molecule has 92 valence electrons. The third-order valence-corrected chi connectivity index (χ3v) is 2.29. The van der Waals surface area contributed by atoms with Gasteiger partial charge in [-0.1, -0.05) is 0 Å². The standard InChI is InChI=1S/C12H16N2O3/c1-7(2)16-12-10(11(13)15)9(5-6-14-12)17-8-3-4-8/h5-8H,3-4H2,1-2H3,(H2,13,15). The lowest BCUT2D eigenvalue weighted by Crippen LogP contribution is -2.18. The summed E-state index contributed by atoms with van der Waals surface area (Å²) >= 11 is 0. The number of amides is 1. The Morgan fingerprint density at radius 1 is 1.53 bits per heavy atom. The van der Waals surface area contributed by atoms with E-state index in [1.165, 1.54) is 0 Å². The van der Waals surface area contributed by atoms with Crippen molar-refractivity contribution < 1.29 is 14.3 Å². The molecule has 1 saturated carbocycles. The molecule has 0 atom stereocenters. The summed E-state index contributed by atoms with van der Waals surface area (Å²) in [5.41, 5.74) is 5.58. The predicted molar refractivity (Wildman–Crippen MR) is 62.2 cm³/mol. The molecule has 2 rings (SSSR count). The largest absolute Gasteiger partial charge is 0.489 e. The Balaban J connectivity index is 2.32. The van der Waals surface area contributed by atoms with Crippen molar-refractivity contribution in [2.45, 2.75) is 38.9 Å². The number of nitrogens with two attached hydrogens (primary N) is 1. The first-order valence-electron chi connectivity index (χ1n) is 5.70. The smallest absolute Gasteiger partial charge is 0.258 e. The molecular formula is C12H16N2O3. The maximum atomic E-state index is 11.4. The summed E-state index contributed by atoms with van der Waals surface area (Å²) in [6, 6.07) is 1.64. The average molecular weight is 236 g/mol. The van der Waals surface area contributed by atoms with Crippen molar-refractivity contribution in [1.82, 2.24) is 4.98 Å². The third kappa shape index (κ3) is 2.87. The van der Waals surface area contributed by atoms with Gasteiger partial charge in [-0.05, 0) is 32.8 Å². The molecule has 1 aromatic rings. The van der Waals surface area contributed by atoms with Crippen LogP contribution in [0.4, 0.5) is 0 Å². The lowest BCUT2D eigenvalue weighted by Gasteiger charge is -2.14. The fourth-order valence-electron chi connectivity index (χ4n) is 1.43. The molecule has 0 aromatic carbocycles. The summed E-state index contributed by atoms with van der Waals surface area (Å²) in [7, 11) is 0. The van der Waals surface area contributed by atoms with Crippen LogP contribution in [0.15, 0.2) is 12.3 Å². The van der Waals surface area contributed by atoms with E-state index in [2.05, 4.69) is 4.98 Å². The zero-order valence-corrected chi connectivity index (χ0v) is 9.97. The molecule has 1 aliphatic carbocycles. The topological polar surface area (TPSA) is 74.4 Å². The summed E-state index contributed by atoms with van der Waals surface area (Å²) in [5, 5.41) is 0. The second-order valence-electron chi connectivity index (χ2n) is 4.34. The fourth-order valence-corrected chi connectivity index (χ4v) is 1.43. The quantitative estimate of drug-likeness (QED) is 0.840. The number of rotatable bonds is 5. The summed E-state index contributed by atoms with van der Waals surface area (Å²) in [4.78, 5) is 15.5. The Morgan fingerprint density at radius 3 is 2.76 bits per heavy atom. The van der Waals surface area contributed by atoms with Gasteiger partial charge in [-0.15, -0.1) is 0 Å². The highest BCUT2D eigenvalue weighted by Crippen LogP contribution is 2.32. The Labute approximate surface area is 99.9 Å². The van der Waals surface area contributed by atoms with Crippen LogP contribution in [0.2, 0.25) is 0 Å². The number of carbonyl (C=O) groups is 1. The molecule has 5 nitrogen and oxygen atoms in total. The lowest BCUT2D eigenvalue weighted by atomic mass is 10.2. The van der Waals surface area contributed by atoms with Crippen molar-refractivity contribution in [3.05, 3.63) is 17.8 Å². The van der Waals surface area contributed by atoms with Crippen molar-refractivity contribution in [2.75, 3.05) is 0 Å². The first-order chi connectivity index (χ1) is 8.08. The van der Waals surface area contributed by atoms with Gasteiger partial charge in [-0.25, -0.2) is 4.98 Å². The van der Waals surface area contributed by atoms with Gasteiger partial charge in [0.2, 0.25) is 5.88 Å². The Hall–Kier alpha value is -1.78. The maximum Gasteiger partial charge on any atom is 0.258 e. The minimum atomic E-state index is -0.579. The lowest BCUT2D eigenvalue weighted by molar-refractivity contribution is 0.0988. The van der Waals surface area contributed by atoms with Gasteiger partial charge in [0.15, 0.2) is 0 Å². The van der Waals surface area contributed by atoms with Crippen LogP contribution in [-0.2, 0) is 0 Å². The highest BCUT2D eigenvalue weighted by molar-refractivity contribution is 5.97. The molecule has 1 amide bonds. The number of hydrogen-bond acceptors (Lipinski definition) is 4. The van der Waals surface area contributed by atoms with Crippen molar-refractivity contribution in [2.24, 2.45) is 5.73 Å². The number of hydrogen-bond donors (Lipinski definition) is 1. The molecule has 17 heavy (non-hydrogen) atoms. The average Bonchev–Trinajstić information content (AvgIpc) is 3.00. The molecule has 0 bridgehead atoms. The van der Waals surface area contributed by atoms with Crippen LogP contribution in [0, 0.1) is 0 Å². The van der Waals surface area contributed by atoms with E-state index in [1.807, 2.05) is 13.8 Å². The summed E-state index contributed by atoms with van der Waals surface area (Å²) in [6.07, 6.45) is 3.71. The number of nitrogens with zero attached hydrogens (tertiary/aromatic N) is 1. The molecule has 2 N–H and O–H groups in total. The Kier molecular flexibility index (Phi) is 3.17. The van der Waals surface area contributed by atoms with Gasteiger partial charge in [0.1, 0.15) is 11.3 Å². The fraction of sp³-hybridized carbons (Fsp3) is 0.500. The molecule has 1 heterocycles. The van der Waals surface area contributed by atoms with Crippen LogP contribution < -0.4 is 15.2 Å². The van der Waals surface area contributed by atoms with Crippen LogP contribution in [0.3, 0.4) is 0 Å². The molecular weight excluding hydrogens is 220 g/mol. The third-order valence-electron chi connectivity index (χ3n) is 2.29. The van der Waals surface area contributed by atoms with Crippen molar-refractivity contribution in [3.63, 3.8) is 0 Å². The minimum absolute atomic E-state index is 0.0724. The van der Waals surface area contributed by atoms with Crippen LogP contribution in [-0.4, -0.2) is 23.1 Å². The minimum Gasteiger partial charge on any atom is -0.489 e. The van der Waals surface area contributed by atoms with Crippen molar-refractivity contribution in [1.29, 1.82) is 0 Å². The highest BCUT2D eigenvalue weighted by Gasteiger charge is 2.27. The zero-order valence-electron chi connectivity index (χ0n) is 9.97. The van der Waals surface area contributed by atoms with E-state index < -0.39 is 5.91 Å². The van der Waals surface area contributed by atoms with Gasteiger partial charge >= 0.3 is 0 Å². The predicted octanol–water partition coefficient (Wildman–Crippen LogP) is 1.51. The van der Waals surface area contributed by atoms with Gasteiger partial charge in [0, 0.05) is 6.20 Å². The maximum absolute atomic E-state index is 11.4. The number of ether oxygens (including phenoxy) is 2. The Bertz CT molecular complexity index is 406. The van der Waals surface area contributed by atoms with Gasteiger partial charge in [0.05, 0.1) is 12.2 Å².